The van der Waals surface area contributed by atoms with E-state index in [0.717, 1.165) is 74.4 Å². The second-order valence-electron chi connectivity index (χ2n) is 13.7. The first-order chi connectivity index (χ1) is 26.2. The Labute approximate surface area is 309 Å². The molecular formula is C48H30N4S. The van der Waals surface area contributed by atoms with E-state index in [1.807, 2.05) is 11.3 Å². The molecule has 0 saturated heterocycles. The van der Waals surface area contributed by atoms with Crippen molar-refractivity contribution in [2.45, 2.75) is 12.8 Å². The Morgan fingerprint density at radius 2 is 1.00 bits per heavy atom. The van der Waals surface area contributed by atoms with Crippen LogP contribution in [0.3, 0.4) is 0 Å². The highest BCUT2D eigenvalue weighted by atomic mass is 32.1. The van der Waals surface area contributed by atoms with Crippen molar-refractivity contribution < 1.29 is 0 Å². The molecule has 0 aliphatic heterocycles. The fourth-order valence-corrected chi connectivity index (χ4v) is 9.29. The minimum absolute atomic E-state index is 0.734. The van der Waals surface area contributed by atoms with Gasteiger partial charge in [-0.05, 0) is 64.7 Å². The second kappa shape index (κ2) is 12.0. The van der Waals surface area contributed by atoms with Gasteiger partial charge in [0.05, 0.1) is 22.4 Å². The molecule has 0 bridgehead atoms. The Morgan fingerprint density at radius 3 is 1.66 bits per heavy atom. The van der Waals surface area contributed by atoms with E-state index in [9.17, 15) is 0 Å². The fraction of sp³-hybridized carbons (Fsp3) is 0.0417. The molecule has 53 heavy (non-hydrogen) atoms. The van der Waals surface area contributed by atoms with Crippen molar-refractivity contribution in [1.82, 2.24) is 19.9 Å². The molecule has 0 spiro atoms. The number of hydrogen-bond acceptors (Lipinski definition) is 5. The maximum Gasteiger partial charge on any atom is 0.161 e. The average molecular weight is 695 g/mol. The fourth-order valence-electron chi connectivity index (χ4n) is 7.99. The lowest BCUT2D eigenvalue weighted by Crippen LogP contribution is -2.26. The Bertz CT molecular complexity index is 3250. The normalized spacial score (nSPS) is 12.9. The number of nitrogens with zero attached hydrogens (tertiary/aromatic N) is 4. The summed E-state index contributed by atoms with van der Waals surface area (Å²) in [6, 6.07) is 53.5. The van der Waals surface area contributed by atoms with Crippen LogP contribution in [0.25, 0.3) is 99.0 Å². The maximum atomic E-state index is 5.39. The SMILES string of the molecule is C1=c2sc3c(-c4nc(-c5ccc6ccccc6c5)c5ccccc5n4)cccc3c2=C(c2nc(-c3ccc4ccccc4c3)c3ccccc3n2)CC1. The van der Waals surface area contributed by atoms with Gasteiger partial charge in [0.1, 0.15) is 0 Å². The van der Waals surface area contributed by atoms with E-state index >= 15 is 0 Å². The van der Waals surface area contributed by atoms with Gasteiger partial charge in [0.25, 0.3) is 0 Å². The predicted molar refractivity (Wildman–Crippen MR) is 221 cm³/mol. The van der Waals surface area contributed by atoms with Crippen molar-refractivity contribution in [2.24, 2.45) is 0 Å². The third kappa shape index (κ3) is 4.96. The van der Waals surface area contributed by atoms with Gasteiger partial charge < -0.3 is 0 Å². The molecule has 0 saturated carbocycles. The lowest BCUT2D eigenvalue weighted by Gasteiger charge is -2.13. The van der Waals surface area contributed by atoms with E-state index in [1.165, 1.54) is 47.0 Å². The first-order valence-corrected chi connectivity index (χ1v) is 18.8. The predicted octanol–water partition coefficient (Wildman–Crippen LogP) is 10.9. The molecule has 0 N–H and O–H groups in total. The van der Waals surface area contributed by atoms with Gasteiger partial charge in [-0.1, -0.05) is 127 Å². The Hall–Kier alpha value is -6.56. The minimum Gasteiger partial charge on any atom is -0.228 e. The van der Waals surface area contributed by atoms with Crippen molar-refractivity contribution in [3.05, 3.63) is 167 Å². The summed E-state index contributed by atoms with van der Waals surface area (Å²) < 4.78 is 2.44. The molecule has 0 fully saturated rings. The van der Waals surface area contributed by atoms with E-state index in [0.29, 0.717) is 0 Å². The first kappa shape index (κ1) is 30.1. The van der Waals surface area contributed by atoms with Crippen LogP contribution in [0.5, 0.6) is 0 Å². The average Bonchev–Trinajstić information content (AvgIpc) is 3.62. The van der Waals surface area contributed by atoms with Crippen LogP contribution in [0, 0.1) is 0 Å². The molecule has 0 radical (unpaired) electrons. The quantitative estimate of drug-likeness (QED) is 0.184. The zero-order valence-electron chi connectivity index (χ0n) is 28.6. The highest BCUT2D eigenvalue weighted by Crippen LogP contribution is 2.35. The van der Waals surface area contributed by atoms with Crippen LogP contribution in [0.15, 0.2) is 152 Å². The van der Waals surface area contributed by atoms with E-state index in [4.69, 9.17) is 19.9 Å². The molecule has 11 rings (SSSR count). The van der Waals surface area contributed by atoms with Gasteiger partial charge in [-0.2, -0.15) is 0 Å². The zero-order chi connectivity index (χ0) is 34.9. The number of rotatable bonds is 4. The van der Waals surface area contributed by atoms with Gasteiger partial charge in [-0.3, -0.25) is 0 Å². The van der Waals surface area contributed by atoms with Gasteiger partial charge in [-0.25, -0.2) is 19.9 Å². The second-order valence-corrected chi connectivity index (χ2v) is 14.7. The monoisotopic (exact) mass is 694 g/mol. The lowest BCUT2D eigenvalue weighted by atomic mass is 9.98. The smallest absolute Gasteiger partial charge is 0.161 e. The largest absolute Gasteiger partial charge is 0.228 e. The molecule has 3 heterocycles. The van der Waals surface area contributed by atoms with Crippen LogP contribution in [0.1, 0.15) is 18.7 Å². The lowest BCUT2D eigenvalue weighted by molar-refractivity contribution is 1.04. The summed E-state index contributed by atoms with van der Waals surface area (Å²) in [7, 11) is 0. The molecule has 0 amide bonds. The van der Waals surface area contributed by atoms with Crippen molar-refractivity contribution in [2.75, 3.05) is 0 Å². The third-order valence-corrected chi connectivity index (χ3v) is 11.8. The number of aromatic nitrogens is 4. The number of benzene rings is 7. The topological polar surface area (TPSA) is 51.6 Å². The third-order valence-electron chi connectivity index (χ3n) is 10.5. The number of para-hydroxylation sites is 2. The molecule has 0 atom stereocenters. The Kier molecular flexibility index (Phi) is 6.82. The van der Waals surface area contributed by atoms with Crippen LogP contribution in [-0.2, 0) is 0 Å². The maximum absolute atomic E-state index is 5.39. The highest BCUT2D eigenvalue weighted by molar-refractivity contribution is 7.17. The first-order valence-electron chi connectivity index (χ1n) is 18.0. The summed E-state index contributed by atoms with van der Waals surface area (Å²) >= 11 is 1.82. The van der Waals surface area contributed by atoms with E-state index < -0.39 is 0 Å². The van der Waals surface area contributed by atoms with Crippen LogP contribution >= 0.6 is 11.3 Å². The molecular weight excluding hydrogens is 665 g/mol. The molecule has 7 aromatic carbocycles. The molecule has 3 aromatic heterocycles. The van der Waals surface area contributed by atoms with Crippen molar-refractivity contribution in [1.29, 1.82) is 0 Å². The van der Waals surface area contributed by atoms with Gasteiger partial charge in [0.2, 0.25) is 0 Å². The minimum atomic E-state index is 0.734. The molecule has 1 aliphatic rings. The van der Waals surface area contributed by atoms with Gasteiger partial charge in [0, 0.05) is 52.9 Å². The van der Waals surface area contributed by atoms with E-state index in [2.05, 4.69) is 158 Å². The van der Waals surface area contributed by atoms with Crippen molar-refractivity contribution in [3.8, 4) is 33.9 Å². The molecule has 10 aromatic rings. The summed E-state index contributed by atoms with van der Waals surface area (Å²) in [6.45, 7) is 0. The van der Waals surface area contributed by atoms with Crippen LogP contribution in [0.2, 0.25) is 0 Å². The summed E-state index contributed by atoms with van der Waals surface area (Å²) in [5.74, 6) is 1.53. The Balaban J connectivity index is 1.13. The van der Waals surface area contributed by atoms with E-state index in [1.54, 1.807) is 0 Å². The summed E-state index contributed by atoms with van der Waals surface area (Å²) in [5, 5.41) is 9.36. The highest BCUT2D eigenvalue weighted by Gasteiger charge is 2.21. The van der Waals surface area contributed by atoms with Gasteiger partial charge in [-0.15, -0.1) is 11.3 Å². The van der Waals surface area contributed by atoms with Crippen LogP contribution in [0.4, 0.5) is 0 Å². The number of fused-ring (bicyclic) bond motifs is 7. The molecule has 1 aliphatic carbocycles. The standard InChI is InChI=1S/C48H30N4S/c1-3-13-31-27-33(25-23-29(31)11-1)44-35-15-5-7-20-40(35)49-47(51-44)38-18-10-22-42-43(38)37-17-9-19-39(46(37)53-42)48-50-41-21-8-6-16-36(41)45(52-48)34-26-24-30-12-2-4-14-32(30)28-34/h1-9,11-17,19-28H,10,18H2. The van der Waals surface area contributed by atoms with E-state index in [-0.39, 0.29) is 0 Å². The van der Waals surface area contributed by atoms with Crippen molar-refractivity contribution >= 4 is 76.4 Å². The number of hydrogen-bond donors (Lipinski definition) is 0. The Morgan fingerprint density at radius 1 is 0.453 bits per heavy atom. The molecule has 0 unspecified atom stereocenters. The summed E-state index contributed by atoms with van der Waals surface area (Å²) in [5.41, 5.74) is 8.21. The van der Waals surface area contributed by atoms with Crippen LogP contribution < -0.4 is 9.75 Å². The number of thiophene rings is 1. The van der Waals surface area contributed by atoms with Crippen LogP contribution in [-0.4, -0.2) is 19.9 Å². The molecule has 4 nitrogen and oxygen atoms in total. The van der Waals surface area contributed by atoms with Crippen molar-refractivity contribution in [3.63, 3.8) is 0 Å². The zero-order valence-corrected chi connectivity index (χ0v) is 29.4. The molecule has 248 valence electrons. The molecule has 5 heteroatoms. The van der Waals surface area contributed by atoms with Gasteiger partial charge >= 0.3 is 0 Å². The summed E-state index contributed by atoms with van der Waals surface area (Å²) in [6.07, 6.45) is 4.18. The van der Waals surface area contributed by atoms with Gasteiger partial charge in [0.15, 0.2) is 11.6 Å². The summed E-state index contributed by atoms with van der Waals surface area (Å²) in [4.78, 5) is 21.1.